The topological polar surface area (TPSA) is 101 Å². The molecule has 2 aliphatic rings. The van der Waals surface area contributed by atoms with Crippen LogP contribution in [0.1, 0.15) is 46.7 Å². The van der Waals surface area contributed by atoms with E-state index in [2.05, 4.69) is 25.7 Å². The molecular weight excluding hydrogens is 401 g/mol. The van der Waals surface area contributed by atoms with E-state index in [1.807, 2.05) is 0 Å². The van der Waals surface area contributed by atoms with Crippen molar-refractivity contribution in [3.63, 3.8) is 0 Å². The van der Waals surface area contributed by atoms with Gasteiger partial charge in [-0.3, -0.25) is 15.1 Å². The lowest BCUT2D eigenvalue weighted by Gasteiger charge is -2.22. The molecule has 0 radical (unpaired) electrons. The number of urea groups is 1. The first-order valence-electron chi connectivity index (χ1n) is 9.27. The first-order valence-corrected chi connectivity index (χ1v) is 9.27. The number of pyridine rings is 1. The summed E-state index contributed by atoms with van der Waals surface area (Å²) in [5, 5.41) is 9.25. The Kier molecular flexibility index (Phi) is 4.02. The molecule has 2 N–H and O–H groups in total. The van der Waals surface area contributed by atoms with Crippen LogP contribution in [0.3, 0.4) is 0 Å². The van der Waals surface area contributed by atoms with E-state index in [1.54, 1.807) is 23.0 Å². The van der Waals surface area contributed by atoms with Gasteiger partial charge in [0.25, 0.3) is 0 Å². The molecule has 2 fully saturated rings. The van der Waals surface area contributed by atoms with Gasteiger partial charge in [-0.2, -0.15) is 18.3 Å². The van der Waals surface area contributed by atoms with Crippen molar-refractivity contribution in [2.45, 2.75) is 30.4 Å². The van der Waals surface area contributed by atoms with Crippen LogP contribution < -0.4 is 10.6 Å². The lowest BCUT2D eigenvalue weighted by Crippen LogP contribution is -2.51. The van der Waals surface area contributed by atoms with Crippen molar-refractivity contribution in [3.8, 4) is 0 Å². The largest absolute Gasteiger partial charge is 0.417 e. The minimum atomic E-state index is -4.42. The molecule has 1 saturated carbocycles. The smallest absolute Gasteiger partial charge is 0.337 e. The minimum absolute atomic E-state index is 0.00197. The summed E-state index contributed by atoms with van der Waals surface area (Å²) < 4.78 is 39.9. The summed E-state index contributed by atoms with van der Waals surface area (Å²) in [6.07, 6.45) is 0.384. The van der Waals surface area contributed by atoms with Crippen molar-refractivity contribution >= 4 is 17.6 Å². The second kappa shape index (κ2) is 6.51. The highest BCUT2D eigenvalue weighted by Gasteiger charge is 2.43. The van der Waals surface area contributed by atoms with Crippen LogP contribution in [0.25, 0.3) is 5.65 Å². The Morgan fingerprint density at radius 3 is 2.63 bits per heavy atom. The maximum absolute atomic E-state index is 12.8. The van der Waals surface area contributed by atoms with Gasteiger partial charge in [-0.05, 0) is 30.5 Å². The van der Waals surface area contributed by atoms with Crippen molar-refractivity contribution in [2.24, 2.45) is 0 Å². The third-order valence-electron chi connectivity index (χ3n) is 5.47. The van der Waals surface area contributed by atoms with E-state index in [4.69, 9.17) is 0 Å². The van der Waals surface area contributed by atoms with Gasteiger partial charge in [-0.15, -0.1) is 0 Å². The highest BCUT2D eigenvalue weighted by Crippen LogP contribution is 2.55. The van der Waals surface area contributed by atoms with E-state index in [0.717, 1.165) is 17.8 Å². The van der Waals surface area contributed by atoms with Crippen LogP contribution in [0.4, 0.5) is 18.0 Å². The number of alkyl halides is 3. The Labute approximate surface area is 167 Å². The van der Waals surface area contributed by atoms with Crippen LogP contribution in [0.15, 0.2) is 36.8 Å². The molecule has 1 unspecified atom stereocenters. The SMILES string of the molecule is O=C1NCC(c2cc([C@H]3C[C@@H]3c3ccc(C(F)(F)F)cn3)c3nccn3n2)C(=O)N1. The summed E-state index contributed by atoms with van der Waals surface area (Å²) in [6.45, 7) is 0.131. The fourth-order valence-corrected chi connectivity index (χ4v) is 3.83. The monoisotopic (exact) mass is 416 g/mol. The standard InChI is InChI=1S/C19H15F3N6O2/c20-19(21,22)9-1-2-14(24-7-9)11-5-10(11)12-6-15(27-28-4-3-23-16(12)28)13-8-25-18(30)26-17(13)29/h1-4,6-7,10-11,13H,5,8H2,(H2,25,26,29,30)/t10-,11-,13?/m0/s1. The van der Waals surface area contributed by atoms with E-state index in [1.165, 1.54) is 6.07 Å². The van der Waals surface area contributed by atoms with Crippen LogP contribution in [0, 0.1) is 0 Å². The number of amides is 3. The van der Waals surface area contributed by atoms with E-state index in [0.29, 0.717) is 23.5 Å². The van der Waals surface area contributed by atoms with E-state index in [-0.39, 0.29) is 18.4 Å². The summed E-state index contributed by atoms with van der Waals surface area (Å²) in [6, 6.07) is 3.69. The Morgan fingerprint density at radius 2 is 1.93 bits per heavy atom. The molecular formula is C19H15F3N6O2. The first-order chi connectivity index (χ1) is 14.3. The van der Waals surface area contributed by atoms with Crippen LogP contribution in [0.2, 0.25) is 0 Å². The molecule has 154 valence electrons. The number of carbonyl (C=O) groups is 2. The molecule has 0 spiro atoms. The molecule has 1 saturated heterocycles. The number of fused-ring (bicyclic) bond motifs is 1. The molecule has 0 bridgehead atoms. The molecule has 3 atom stereocenters. The third kappa shape index (κ3) is 3.15. The van der Waals surface area contributed by atoms with E-state index < -0.39 is 29.6 Å². The maximum atomic E-state index is 12.8. The maximum Gasteiger partial charge on any atom is 0.417 e. The lowest BCUT2D eigenvalue weighted by atomic mass is 9.99. The number of nitrogens with one attached hydrogen (secondary N) is 2. The fraction of sp³-hybridized carbons (Fsp3) is 0.316. The Morgan fingerprint density at radius 1 is 1.10 bits per heavy atom. The Hall–Kier alpha value is -3.50. The van der Waals surface area contributed by atoms with Crippen LogP contribution in [-0.2, 0) is 11.0 Å². The van der Waals surface area contributed by atoms with Crippen LogP contribution >= 0.6 is 0 Å². The predicted octanol–water partition coefficient (Wildman–Crippen LogP) is 2.34. The van der Waals surface area contributed by atoms with Gasteiger partial charge in [0.05, 0.1) is 17.2 Å². The molecule has 30 heavy (non-hydrogen) atoms. The van der Waals surface area contributed by atoms with Gasteiger partial charge in [-0.1, -0.05) is 0 Å². The second-order valence-electron chi connectivity index (χ2n) is 7.39. The summed E-state index contributed by atoms with van der Waals surface area (Å²) in [7, 11) is 0. The number of halogens is 3. The van der Waals surface area contributed by atoms with Crippen LogP contribution in [-0.4, -0.2) is 38.1 Å². The number of hydrogen-bond donors (Lipinski definition) is 2. The molecule has 3 aromatic heterocycles. The van der Waals surface area contributed by atoms with Gasteiger partial charge >= 0.3 is 12.2 Å². The quantitative estimate of drug-likeness (QED) is 0.683. The van der Waals surface area contributed by atoms with Gasteiger partial charge in [0.2, 0.25) is 5.91 Å². The summed E-state index contributed by atoms with van der Waals surface area (Å²) in [5.74, 6) is -1.12. The minimum Gasteiger partial charge on any atom is -0.337 e. The zero-order chi connectivity index (χ0) is 21.0. The first kappa shape index (κ1) is 18.5. The van der Waals surface area contributed by atoms with Crippen LogP contribution in [0.5, 0.6) is 0 Å². The number of imidazole rings is 1. The van der Waals surface area contributed by atoms with Gasteiger partial charge in [0, 0.05) is 42.3 Å². The average Bonchev–Trinajstić information content (AvgIpc) is 3.35. The molecule has 8 nitrogen and oxygen atoms in total. The van der Waals surface area contributed by atoms with Gasteiger partial charge in [-0.25, -0.2) is 14.3 Å². The summed E-state index contributed by atoms with van der Waals surface area (Å²) >= 11 is 0. The molecule has 5 rings (SSSR count). The number of rotatable bonds is 3. The predicted molar refractivity (Wildman–Crippen MR) is 96.6 cm³/mol. The number of nitrogens with zero attached hydrogens (tertiary/aromatic N) is 4. The van der Waals surface area contributed by atoms with Gasteiger partial charge in [0.15, 0.2) is 5.65 Å². The van der Waals surface area contributed by atoms with Crippen molar-refractivity contribution in [1.29, 1.82) is 0 Å². The molecule has 3 amide bonds. The van der Waals surface area contributed by atoms with Crippen molar-refractivity contribution in [3.05, 3.63) is 59.3 Å². The molecule has 11 heteroatoms. The van der Waals surface area contributed by atoms with E-state index in [9.17, 15) is 22.8 Å². The van der Waals surface area contributed by atoms with Gasteiger partial charge in [0.1, 0.15) is 0 Å². The van der Waals surface area contributed by atoms with Crippen molar-refractivity contribution < 1.29 is 22.8 Å². The lowest BCUT2D eigenvalue weighted by molar-refractivity contribution is -0.137. The molecule has 1 aliphatic carbocycles. The molecule has 0 aromatic carbocycles. The second-order valence-corrected chi connectivity index (χ2v) is 7.39. The zero-order valence-electron chi connectivity index (χ0n) is 15.3. The number of hydrogen-bond acceptors (Lipinski definition) is 5. The third-order valence-corrected chi connectivity index (χ3v) is 5.47. The number of aromatic nitrogens is 4. The average molecular weight is 416 g/mol. The highest BCUT2D eigenvalue weighted by atomic mass is 19.4. The highest BCUT2D eigenvalue weighted by molar-refractivity contribution is 6.00. The zero-order valence-corrected chi connectivity index (χ0v) is 15.3. The van der Waals surface area contributed by atoms with Gasteiger partial charge < -0.3 is 5.32 Å². The molecule has 3 aromatic rings. The molecule has 1 aliphatic heterocycles. The normalized spacial score (nSPS) is 23.9. The van der Waals surface area contributed by atoms with E-state index >= 15 is 0 Å². The summed E-state index contributed by atoms with van der Waals surface area (Å²) in [4.78, 5) is 31.9. The summed E-state index contributed by atoms with van der Waals surface area (Å²) in [5.41, 5.74) is 1.76. The Bertz CT molecular complexity index is 1160. The van der Waals surface area contributed by atoms with Crippen molar-refractivity contribution in [2.75, 3.05) is 6.54 Å². The van der Waals surface area contributed by atoms with Crippen molar-refractivity contribution in [1.82, 2.24) is 30.2 Å². The number of carbonyl (C=O) groups excluding carboxylic acids is 2. The Balaban J connectivity index is 1.46. The fourth-order valence-electron chi connectivity index (χ4n) is 3.83. The molecule has 4 heterocycles. The number of imide groups is 1.